The molecule has 0 aromatic carbocycles. The number of nitrogens with two attached hydrogens (primary N) is 1. The van der Waals surface area contributed by atoms with Crippen LogP contribution in [0.4, 0.5) is 13.2 Å². The molecule has 1 fully saturated rings. The Bertz CT molecular complexity index is 381. The van der Waals surface area contributed by atoms with Crippen LogP contribution in [0.5, 0.6) is 0 Å². The molecule has 0 radical (unpaired) electrons. The Morgan fingerprint density at radius 1 is 1.28 bits per heavy atom. The van der Waals surface area contributed by atoms with E-state index in [4.69, 9.17) is 5.73 Å². The van der Waals surface area contributed by atoms with Crippen LogP contribution in [0.25, 0.3) is 0 Å². The molecule has 18 heavy (non-hydrogen) atoms. The highest BCUT2D eigenvalue weighted by Gasteiger charge is 2.44. The van der Waals surface area contributed by atoms with E-state index in [-0.39, 0.29) is 12.8 Å². The number of alkyl halides is 3. The van der Waals surface area contributed by atoms with E-state index in [0.717, 1.165) is 5.69 Å². The van der Waals surface area contributed by atoms with Crippen molar-refractivity contribution in [3.8, 4) is 0 Å². The molecule has 5 heteroatoms. The molecule has 0 saturated heterocycles. The molecule has 1 aliphatic carbocycles. The van der Waals surface area contributed by atoms with Gasteiger partial charge in [-0.05, 0) is 37.8 Å². The molecular formula is C13H17F3N2. The highest BCUT2D eigenvalue weighted by atomic mass is 19.4. The summed E-state index contributed by atoms with van der Waals surface area (Å²) >= 11 is 0. The zero-order valence-electron chi connectivity index (χ0n) is 10.1. The number of hydrogen-bond donors (Lipinski definition) is 1. The minimum Gasteiger partial charge on any atom is -0.325 e. The lowest BCUT2D eigenvalue weighted by molar-refractivity contribution is -0.184. The molecule has 0 bridgehead atoms. The monoisotopic (exact) mass is 258 g/mol. The van der Waals surface area contributed by atoms with Gasteiger partial charge in [0.2, 0.25) is 0 Å². The number of rotatable bonds is 2. The average molecular weight is 258 g/mol. The Morgan fingerprint density at radius 3 is 2.44 bits per heavy atom. The van der Waals surface area contributed by atoms with Crippen molar-refractivity contribution >= 4 is 0 Å². The van der Waals surface area contributed by atoms with Crippen LogP contribution in [0, 0.1) is 5.92 Å². The Kier molecular flexibility index (Phi) is 3.61. The summed E-state index contributed by atoms with van der Waals surface area (Å²) in [6.07, 6.45) is -0.758. The topological polar surface area (TPSA) is 38.9 Å². The summed E-state index contributed by atoms with van der Waals surface area (Å²) in [5.41, 5.74) is 6.51. The van der Waals surface area contributed by atoms with Crippen molar-refractivity contribution in [3.63, 3.8) is 0 Å². The summed E-state index contributed by atoms with van der Waals surface area (Å²) in [5, 5.41) is 0. The number of halogens is 3. The van der Waals surface area contributed by atoms with Gasteiger partial charge < -0.3 is 5.73 Å². The molecule has 1 heterocycles. The SMILES string of the molecule is NC1(Cc2ccccn2)CCC(C(F)(F)F)CC1. The van der Waals surface area contributed by atoms with E-state index in [0.29, 0.717) is 19.3 Å². The Hall–Kier alpha value is -1.10. The zero-order chi connectivity index (χ0) is 13.2. The van der Waals surface area contributed by atoms with Gasteiger partial charge in [0.05, 0.1) is 5.92 Å². The molecule has 100 valence electrons. The predicted molar refractivity (Wildman–Crippen MR) is 62.9 cm³/mol. The van der Waals surface area contributed by atoms with Crippen LogP contribution in [-0.2, 0) is 6.42 Å². The molecule has 0 spiro atoms. The van der Waals surface area contributed by atoms with Crippen molar-refractivity contribution in [2.24, 2.45) is 11.7 Å². The van der Waals surface area contributed by atoms with Gasteiger partial charge in [-0.15, -0.1) is 0 Å². The van der Waals surface area contributed by atoms with E-state index in [1.54, 1.807) is 6.20 Å². The van der Waals surface area contributed by atoms with Crippen LogP contribution in [0.15, 0.2) is 24.4 Å². The third kappa shape index (κ3) is 3.22. The second-order valence-electron chi connectivity index (χ2n) is 5.18. The molecule has 1 aromatic rings. The van der Waals surface area contributed by atoms with E-state index in [9.17, 15) is 13.2 Å². The molecule has 0 atom stereocenters. The van der Waals surface area contributed by atoms with Crippen LogP contribution in [0.3, 0.4) is 0 Å². The van der Waals surface area contributed by atoms with Crippen molar-refractivity contribution in [3.05, 3.63) is 30.1 Å². The third-order valence-electron chi connectivity index (χ3n) is 3.70. The van der Waals surface area contributed by atoms with Gasteiger partial charge in [-0.25, -0.2) is 0 Å². The molecule has 2 rings (SSSR count). The van der Waals surface area contributed by atoms with Gasteiger partial charge in [0.15, 0.2) is 0 Å². The van der Waals surface area contributed by atoms with Crippen LogP contribution >= 0.6 is 0 Å². The molecule has 2 nitrogen and oxygen atoms in total. The van der Waals surface area contributed by atoms with Gasteiger partial charge >= 0.3 is 6.18 Å². The standard InChI is InChI=1S/C13H17F3N2/c14-13(15,16)10-4-6-12(17,7-5-10)9-11-3-1-2-8-18-11/h1-3,8,10H,4-7,9,17H2. The Labute approximate surface area is 104 Å². The smallest absolute Gasteiger partial charge is 0.325 e. The van der Waals surface area contributed by atoms with Gasteiger partial charge in [-0.1, -0.05) is 6.07 Å². The number of pyridine rings is 1. The largest absolute Gasteiger partial charge is 0.391 e. The maximum absolute atomic E-state index is 12.6. The zero-order valence-corrected chi connectivity index (χ0v) is 10.1. The maximum Gasteiger partial charge on any atom is 0.391 e. The summed E-state index contributed by atoms with van der Waals surface area (Å²) in [7, 11) is 0. The molecule has 1 aliphatic rings. The molecule has 0 amide bonds. The number of aromatic nitrogens is 1. The minimum absolute atomic E-state index is 0.132. The van der Waals surface area contributed by atoms with E-state index in [1.807, 2.05) is 18.2 Å². The van der Waals surface area contributed by atoms with Gasteiger partial charge in [0.25, 0.3) is 0 Å². The van der Waals surface area contributed by atoms with E-state index < -0.39 is 17.6 Å². The van der Waals surface area contributed by atoms with Gasteiger partial charge in [0.1, 0.15) is 0 Å². The van der Waals surface area contributed by atoms with Crippen molar-refractivity contribution in [1.29, 1.82) is 0 Å². The quantitative estimate of drug-likeness (QED) is 0.885. The van der Waals surface area contributed by atoms with E-state index in [2.05, 4.69) is 4.98 Å². The fourth-order valence-corrected chi connectivity index (χ4v) is 2.56. The van der Waals surface area contributed by atoms with Crippen LogP contribution in [0.2, 0.25) is 0 Å². The summed E-state index contributed by atoms with van der Waals surface area (Å²) in [6.45, 7) is 0. The fraction of sp³-hybridized carbons (Fsp3) is 0.615. The van der Waals surface area contributed by atoms with Gasteiger partial charge in [-0.3, -0.25) is 4.98 Å². The lowest BCUT2D eigenvalue weighted by atomic mass is 9.74. The van der Waals surface area contributed by atoms with Crippen molar-refractivity contribution in [2.75, 3.05) is 0 Å². The first-order valence-corrected chi connectivity index (χ1v) is 6.15. The summed E-state index contributed by atoms with van der Waals surface area (Å²) in [5.74, 6) is -1.18. The van der Waals surface area contributed by atoms with E-state index >= 15 is 0 Å². The first-order chi connectivity index (χ1) is 8.39. The highest BCUT2D eigenvalue weighted by molar-refractivity contribution is 5.09. The van der Waals surface area contributed by atoms with Crippen LogP contribution < -0.4 is 5.73 Å². The predicted octanol–water partition coefficient (Wildman–Crippen LogP) is 3.07. The lowest BCUT2D eigenvalue weighted by Gasteiger charge is -2.37. The lowest BCUT2D eigenvalue weighted by Crippen LogP contribution is -2.47. The molecule has 2 N–H and O–H groups in total. The Morgan fingerprint density at radius 2 is 1.94 bits per heavy atom. The third-order valence-corrected chi connectivity index (χ3v) is 3.70. The number of hydrogen-bond acceptors (Lipinski definition) is 2. The molecule has 1 aromatic heterocycles. The average Bonchev–Trinajstić information content (AvgIpc) is 2.29. The van der Waals surface area contributed by atoms with Crippen LogP contribution in [-0.4, -0.2) is 16.7 Å². The number of nitrogens with zero attached hydrogens (tertiary/aromatic N) is 1. The maximum atomic E-state index is 12.6. The first kappa shape index (κ1) is 13.3. The van der Waals surface area contributed by atoms with Crippen molar-refractivity contribution in [1.82, 2.24) is 4.98 Å². The van der Waals surface area contributed by atoms with Crippen molar-refractivity contribution in [2.45, 2.75) is 43.8 Å². The van der Waals surface area contributed by atoms with Crippen LogP contribution in [0.1, 0.15) is 31.4 Å². The molecule has 0 aliphatic heterocycles. The normalized spacial score (nSPS) is 29.2. The van der Waals surface area contributed by atoms with Crippen molar-refractivity contribution < 1.29 is 13.2 Å². The second kappa shape index (κ2) is 4.88. The molecular weight excluding hydrogens is 241 g/mol. The summed E-state index contributed by atoms with van der Waals surface area (Å²) < 4.78 is 37.7. The fourth-order valence-electron chi connectivity index (χ4n) is 2.56. The van der Waals surface area contributed by atoms with E-state index in [1.165, 1.54) is 0 Å². The first-order valence-electron chi connectivity index (χ1n) is 6.15. The van der Waals surface area contributed by atoms with Gasteiger partial charge in [-0.2, -0.15) is 13.2 Å². The summed E-state index contributed by atoms with van der Waals surface area (Å²) in [6, 6.07) is 5.55. The van der Waals surface area contributed by atoms with Gasteiger partial charge in [0, 0.05) is 23.9 Å². The second-order valence-corrected chi connectivity index (χ2v) is 5.18. The Balaban J connectivity index is 1.95. The minimum atomic E-state index is -4.08. The summed E-state index contributed by atoms with van der Waals surface area (Å²) in [4.78, 5) is 4.18. The molecule has 0 unspecified atom stereocenters. The highest BCUT2D eigenvalue weighted by Crippen LogP contribution is 2.41. The molecule has 1 saturated carbocycles.